The third kappa shape index (κ3) is 4.54. The molecule has 0 amide bonds. The Hall–Kier alpha value is 1.95. The van der Waals surface area contributed by atoms with Gasteiger partial charge in [0, 0.05) is 0 Å². The first-order chi connectivity index (χ1) is 6.02. The molecule has 0 radical (unpaired) electrons. The maximum absolute atomic E-state index is 6.24. The van der Waals surface area contributed by atoms with Gasteiger partial charge in [-0.25, -0.2) is 0 Å². The van der Waals surface area contributed by atoms with Crippen LogP contribution >= 0.6 is 38.5 Å². The van der Waals surface area contributed by atoms with Gasteiger partial charge in [0.15, 0.2) is 0 Å². The summed E-state index contributed by atoms with van der Waals surface area (Å²) in [5.41, 5.74) is 0. The minimum absolute atomic E-state index is 0.106. The predicted molar refractivity (Wildman–Crippen MR) is 64.4 cm³/mol. The molecule has 2 atom stereocenters. The number of rotatable bonds is 1. The molecule has 0 aromatic carbocycles. The Kier molecular flexibility index (Phi) is 5.89. The molecule has 0 heterocycles. The van der Waals surface area contributed by atoms with Crippen molar-refractivity contribution in [1.29, 1.82) is 0 Å². The summed E-state index contributed by atoms with van der Waals surface area (Å²) in [6, 6.07) is 0. The van der Waals surface area contributed by atoms with Crippen molar-refractivity contribution >= 4 is 53.3 Å². The summed E-state index contributed by atoms with van der Waals surface area (Å²) >= 11 is 3.13. The second-order valence-corrected chi connectivity index (χ2v) is 21.3. The molecule has 1 fully saturated rings. The normalized spacial score (nSPS) is 33.5. The van der Waals surface area contributed by atoms with Gasteiger partial charge in [0.2, 0.25) is 0 Å². The molecule has 13 heavy (non-hydrogen) atoms. The molecule has 0 bridgehead atoms. The molecule has 0 aromatic heterocycles. The summed E-state index contributed by atoms with van der Waals surface area (Å²) in [6.45, 7) is 0. The zero-order valence-corrected chi connectivity index (χ0v) is 12.7. The van der Waals surface area contributed by atoms with E-state index < -0.39 is 14.8 Å². The molecule has 5 heteroatoms. The second-order valence-electron chi connectivity index (χ2n) is 3.49. The van der Waals surface area contributed by atoms with E-state index in [2.05, 4.69) is 0 Å². The van der Waals surface area contributed by atoms with E-state index in [0.717, 1.165) is 12.8 Å². The zero-order chi connectivity index (χ0) is 9.90. The predicted octanol–water partition coefficient (Wildman–Crippen LogP) is 4.97. The topological polar surface area (TPSA) is 0 Å². The van der Waals surface area contributed by atoms with Crippen LogP contribution in [0, 0.1) is 0 Å². The summed E-state index contributed by atoms with van der Waals surface area (Å²) in [5, 5.41) is 0.106. The number of halogens is 4. The quantitative estimate of drug-likeness (QED) is 0.445. The molecule has 1 rings (SSSR count). The summed E-state index contributed by atoms with van der Waals surface area (Å²) in [6.07, 6.45) is 6.95. The Morgan fingerprint density at radius 2 is 1.38 bits per heavy atom. The fourth-order valence-electron chi connectivity index (χ4n) is 1.71. The van der Waals surface area contributed by atoms with Crippen LogP contribution in [0.15, 0.2) is 0 Å². The van der Waals surface area contributed by atoms with Gasteiger partial charge in [0.05, 0.1) is 0 Å². The van der Waals surface area contributed by atoms with Gasteiger partial charge in [0.1, 0.15) is 0 Å². The fourth-order valence-corrected chi connectivity index (χ4v) is 11.0. The van der Waals surface area contributed by atoms with Crippen LogP contribution in [0.25, 0.3) is 0 Å². The number of hydrogen-bond donors (Lipinski definition) is 0. The van der Waals surface area contributed by atoms with Crippen molar-refractivity contribution in [3.05, 3.63) is 0 Å². The second kappa shape index (κ2) is 5.88. The van der Waals surface area contributed by atoms with Crippen LogP contribution < -0.4 is 0 Å². The van der Waals surface area contributed by atoms with Crippen LogP contribution in [0.1, 0.15) is 38.5 Å². The molecule has 0 aliphatic heterocycles. The molecule has 1 aliphatic rings. The van der Waals surface area contributed by atoms with Crippen molar-refractivity contribution < 1.29 is 0 Å². The number of hydrogen-bond acceptors (Lipinski definition) is 0. The molecule has 0 aromatic rings. The molecule has 0 nitrogen and oxygen atoms in total. The molecule has 80 valence electrons. The van der Waals surface area contributed by atoms with Crippen molar-refractivity contribution in [3.8, 4) is 0 Å². The summed E-state index contributed by atoms with van der Waals surface area (Å²) < 4.78 is 0.203. The Morgan fingerprint density at radius 1 is 0.846 bits per heavy atom. The zero-order valence-electron chi connectivity index (χ0n) is 7.32. The van der Waals surface area contributed by atoms with Crippen molar-refractivity contribution in [2.75, 3.05) is 0 Å². The summed E-state index contributed by atoms with van der Waals surface area (Å²) in [4.78, 5) is 0. The first kappa shape index (κ1) is 13.0. The Balaban J connectivity index is 2.56. The average molecular weight is 380 g/mol. The van der Waals surface area contributed by atoms with Gasteiger partial charge in [-0.3, -0.25) is 0 Å². The van der Waals surface area contributed by atoms with Crippen LogP contribution in [0.4, 0.5) is 0 Å². The molecule has 0 saturated heterocycles. The fraction of sp³-hybridized carbons (Fsp3) is 1.00. The van der Waals surface area contributed by atoms with E-state index in [4.69, 9.17) is 38.5 Å². The molecule has 1 aliphatic carbocycles. The van der Waals surface area contributed by atoms with Crippen LogP contribution in [0.3, 0.4) is 0 Å². The molecule has 1 saturated carbocycles. The van der Waals surface area contributed by atoms with Crippen molar-refractivity contribution in [3.63, 3.8) is 0 Å². The molecule has 0 unspecified atom stereocenters. The van der Waals surface area contributed by atoms with E-state index in [1.165, 1.54) is 25.7 Å². The molecule has 0 N–H and O–H groups in total. The summed E-state index contributed by atoms with van der Waals surface area (Å²) in [5.74, 6) is 0. The first-order valence-corrected chi connectivity index (χ1v) is 15.2. The van der Waals surface area contributed by atoms with E-state index in [0.29, 0.717) is 0 Å². The maximum atomic E-state index is 6.24. The van der Waals surface area contributed by atoms with Crippen LogP contribution in [0.5, 0.6) is 0 Å². The summed E-state index contributed by atoms with van der Waals surface area (Å²) in [7, 11) is 18.2. The van der Waals surface area contributed by atoms with Gasteiger partial charge >= 0.3 is 101 Å². The van der Waals surface area contributed by atoms with Gasteiger partial charge in [0.25, 0.3) is 0 Å². The van der Waals surface area contributed by atoms with Crippen molar-refractivity contribution in [2.24, 2.45) is 0 Å². The van der Waals surface area contributed by atoms with Gasteiger partial charge in [-0.05, 0) is 0 Å². The Morgan fingerprint density at radius 3 is 1.92 bits per heavy atom. The van der Waals surface area contributed by atoms with Crippen molar-refractivity contribution in [2.45, 2.75) is 47.9 Å². The molecule has 0 spiro atoms. The Labute approximate surface area is 100 Å². The van der Waals surface area contributed by atoms with E-state index in [9.17, 15) is 0 Å². The van der Waals surface area contributed by atoms with E-state index in [1.807, 2.05) is 0 Å². The first-order valence-electron chi connectivity index (χ1n) is 4.57. The van der Waals surface area contributed by atoms with Crippen LogP contribution in [-0.4, -0.2) is 20.2 Å². The van der Waals surface area contributed by atoms with Gasteiger partial charge in [-0.2, -0.15) is 0 Å². The number of alkyl halides is 1. The third-order valence-electron chi connectivity index (χ3n) is 2.47. The van der Waals surface area contributed by atoms with Crippen LogP contribution in [-0.2, 0) is 0 Å². The van der Waals surface area contributed by atoms with Gasteiger partial charge in [-0.1, -0.05) is 0 Å². The standard InChI is InChI=1S/C8H14Cl4Te/c9-7-5-3-1-2-4-6-8(7)13(10,11)12/h7-8H,1-6H2/t7-,8+/m1/s1. The van der Waals surface area contributed by atoms with Gasteiger partial charge in [-0.15, -0.1) is 0 Å². The van der Waals surface area contributed by atoms with Crippen LogP contribution in [0.2, 0.25) is 3.97 Å². The average Bonchev–Trinajstić information content (AvgIpc) is 1.94. The van der Waals surface area contributed by atoms with E-state index in [1.54, 1.807) is 0 Å². The van der Waals surface area contributed by atoms with Gasteiger partial charge < -0.3 is 0 Å². The molecular formula is C8H14Cl4Te. The third-order valence-corrected chi connectivity index (χ3v) is 11.6. The van der Waals surface area contributed by atoms with Crippen molar-refractivity contribution in [1.82, 2.24) is 0 Å². The SMILES string of the molecule is Cl[C@@H]1CCCCCC[C@@H]1[Te](Cl)(Cl)Cl. The monoisotopic (exact) mass is 380 g/mol. The van der Waals surface area contributed by atoms with E-state index in [-0.39, 0.29) is 9.34 Å². The minimum atomic E-state index is -3.10. The Bertz CT molecular complexity index is 157. The molecular weight excluding hydrogens is 365 g/mol. The van der Waals surface area contributed by atoms with E-state index >= 15 is 0 Å².